The smallest absolute Gasteiger partial charge is 0.124 e. The van der Waals surface area contributed by atoms with E-state index in [1.54, 1.807) is 7.11 Å². The van der Waals surface area contributed by atoms with Gasteiger partial charge in [-0.3, -0.25) is 0 Å². The minimum Gasteiger partial charge on any atom is -0.496 e. The summed E-state index contributed by atoms with van der Waals surface area (Å²) in [6.07, 6.45) is 0.307. The fourth-order valence-corrected chi connectivity index (χ4v) is 2.15. The molecule has 2 aromatic rings. The van der Waals surface area contributed by atoms with Crippen LogP contribution in [0.1, 0.15) is 23.3 Å². The highest BCUT2D eigenvalue weighted by atomic mass is 16.6. The van der Waals surface area contributed by atoms with Crippen LogP contribution >= 0.6 is 0 Å². The second-order valence-electron chi connectivity index (χ2n) is 4.13. The molecule has 2 atom stereocenters. The molecule has 1 aliphatic rings. The van der Waals surface area contributed by atoms with E-state index in [0.717, 1.165) is 11.3 Å². The number of benzene rings is 2. The van der Waals surface area contributed by atoms with E-state index in [9.17, 15) is 0 Å². The molecule has 0 aliphatic carbocycles. The van der Waals surface area contributed by atoms with E-state index in [0.29, 0.717) is 0 Å². The Kier molecular flexibility index (Phi) is 2.57. The van der Waals surface area contributed by atoms with Crippen LogP contribution in [-0.2, 0) is 4.74 Å². The molecular weight excluding hydrogens is 212 g/mol. The van der Waals surface area contributed by atoms with Crippen molar-refractivity contribution < 1.29 is 9.47 Å². The number of ether oxygens (including phenoxy) is 2. The molecule has 0 radical (unpaired) electrons. The molecular formula is C15H14O2. The van der Waals surface area contributed by atoms with Crippen LogP contribution in [0.25, 0.3) is 0 Å². The summed E-state index contributed by atoms with van der Waals surface area (Å²) in [6, 6.07) is 18.3. The summed E-state index contributed by atoms with van der Waals surface area (Å²) in [6.45, 7) is 0. The van der Waals surface area contributed by atoms with Gasteiger partial charge in [-0.2, -0.15) is 0 Å². The minimum absolute atomic E-state index is 0.133. The highest BCUT2D eigenvalue weighted by molar-refractivity contribution is 5.39. The van der Waals surface area contributed by atoms with Crippen LogP contribution in [0.4, 0.5) is 0 Å². The highest BCUT2D eigenvalue weighted by Gasteiger charge is 2.42. The molecule has 0 bridgehead atoms. The van der Waals surface area contributed by atoms with E-state index in [1.807, 2.05) is 36.4 Å². The maximum Gasteiger partial charge on any atom is 0.124 e. The third-order valence-electron chi connectivity index (χ3n) is 3.07. The monoisotopic (exact) mass is 226 g/mol. The molecule has 1 fully saturated rings. The van der Waals surface area contributed by atoms with E-state index in [-0.39, 0.29) is 12.2 Å². The summed E-state index contributed by atoms with van der Waals surface area (Å²) in [5.74, 6) is 0.899. The van der Waals surface area contributed by atoms with Gasteiger partial charge in [0, 0.05) is 5.56 Å². The number of hydrogen-bond donors (Lipinski definition) is 0. The lowest BCUT2D eigenvalue weighted by atomic mass is 10.0. The Morgan fingerprint density at radius 3 is 2.35 bits per heavy atom. The zero-order chi connectivity index (χ0) is 11.7. The lowest BCUT2D eigenvalue weighted by Gasteiger charge is -2.04. The fourth-order valence-electron chi connectivity index (χ4n) is 2.15. The first-order chi connectivity index (χ1) is 8.40. The van der Waals surface area contributed by atoms with Gasteiger partial charge >= 0.3 is 0 Å². The molecule has 0 saturated carbocycles. The van der Waals surface area contributed by atoms with Crippen LogP contribution < -0.4 is 4.74 Å². The van der Waals surface area contributed by atoms with Gasteiger partial charge in [-0.15, -0.1) is 0 Å². The molecule has 0 aromatic heterocycles. The van der Waals surface area contributed by atoms with Crippen molar-refractivity contribution in [3.63, 3.8) is 0 Å². The van der Waals surface area contributed by atoms with Crippen molar-refractivity contribution in [1.29, 1.82) is 0 Å². The molecule has 0 N–H and O–H groups in total. The summed E-state index contributed by atoms with van der Waals surface area (Å²) >= 11 is 0. The van der Waals surface area contributed by atoms with Crippen LogP contribution in [0.2, 0.25) is 0 Å². The van der Waals surface area contributed by atoms with Gasteiger partial charge in [-0.25, -0.2) is 0 Å². The van der Waals surface area contributed by atoms with Crippen molar-refractivity contribution in [3.05, 3.63) is 65.7 Å². The lowest BCUT2D eigenvalue weighted by Crippen LogP contribution is -1.90. The summed E-state index contributed by atoms with van der Waals surface area (Å²) in [7, 11) is 1.69. The van der Waals surface area contributed by atoms with Gasteiger partial charge in [-0.05, 0) is 11.6 Å². The average Bonchev–Trinajstić information content (AvgIpc) is 3.20. The van der Waals surface area contributed by atoms with Crippen LogP contribution in [0.3, 0.4) is 0 Å². The van der Waals surface area contributed by atoms with E-state index in [4.69, 9.17) is 9.47 Å². The van der Waals surface area contributed by atoms with Gasteiger partial charge < -0.3 is 9.47 Å². The molecule has 86 valence electrons. The molecule has 2 nitrogen and oxygen atoms in total. The van der Waals surface area contributed by atoms with Crippen LogP contribution in [-0.4, -0.2) is 7.11 Å². The van der Waals surface area contributed by atoms with Crippen molar-refractivity contribution in [3.8, 4) is 5.75 Å². The van der Waals surface area contributed by atoms with E-state index >= 15 is 0 Å². The van der Waals surface area contributed by atoms with Crippen molar-refractivity contribution in [2.75, 3.05) is 7.11 Å². The Morgan fingerprint density at radius 1 is 0.882 bits per heavy atom. The number of methoxy groups -OCH3 is 1. The van der Waals surface area contributed by atoms with Gasteiger partial charge in [0.1, 0.15) is 18.0 Å². The summed E-state index contributed by atoms with van der Waals surface area (Å²) < 4.78 is 11.1. The summed E-state index contributed by atoms with van der Waals surface area (Å²) in [5.41, 5.74) is 2.35. The first-order valence-corrected chi connectivity index (χ1v) is 5.73. The summed E-state index contributed by atoms with van der Waals surface area (Å²) in [5, 5.41) is 0. The molecule has 3 rings (SSSR count). The van der Waals surface area contributed by atoms with Crippen molar-refractivity contribution >= 4 is 0 Å². The minimum atomic E-state index is 0.133. The van der Waals surface area contributed by atoms with Crippen LogP contribution in [0.5, 0.6) is 5.75 Å². The quantitative estimate of drug-likeness (QED) is 0.747. The molecule has 2 unspecified atom stereocenters. The highest BCUT2D eigenvalue weighted by Crippen LogP contribution is 2.52. The lowest BCUT2D eigenvalue weighted by molar-refractivity contribution is 0.364. The number of hydrogen-bond acceptors (Lipinski definition) is 2. The molecule has 0 amide bonds. The first-order valence-electron chi connectivity index (χ1n) is 5.73. The maximum atomic E-state index is 5.75. The Hall–Kier alpha value is -1.80. The largest absolute Gasteiger partial charge is 0.496 e. The van der Waals surface area contributed by atoms with Gasteiger partial charge in [0.05, 0.1) is 7.11 Å². The maximum absolute atomic E-state index is 5.75. The Bertz CT molecular complexity index is 507. The van der Waals surface area contributed by atoms with Gasteiger partial charge in [0.15, 0.2) is 0 Å². The first kappa shape index (κ1) is 10.4. The standard InChI is InChI=1S/C15H14O2/c1-16-13-10-6-5-9-12(13)15-14(17-15)11-7-3-2-4-8-11/h2-10,14-15H,1H3. The zero-order valence-electron chi connectivity index (χ0n) is 9.67. The number of epoxide rings is 1. The van der Waals surface area contributed by atoms with Gasteiger partial charge in [0.25, 0.3) is 0 Å². The third-order valence-corrected chi connectivity index (χ3v) is 3.07. The Balaban J connectivity index is 1.85. The predicted molar refractivity (Wildman–Crippen MR) is 66.0 cm³/mol. The molecule has 1 aliphatic heterocycles. The predicted octanol–water partition coefficient (Wildman–Crippen LogP) is 3.51. The molecule has 17 heavy (non-hydrogen) atoms. The van der Waals surface area contributed by atoms with Crippen LogP contribution in [0.15, 0.2) is 54.6 Å². The molecule has 1 heterocycles. The second kappa shape index (κ2) is 4.22. The number of para-hydroxylation sites is 1. The van der Waals surface area contributed by atoms with Crippen molar-refractivity contribution in [2.45, 2.75) is 12.2 Å². The van der Waals surface area contributed by atoms with Gasteiger partial charge in [0.2, 0.25) is 0 Å². The van der Waals surface area contributed by atoms with Crippen molar-refractivity contribution in [1.82, 2.24) is 0 Å². The molecule has 1 saturated heterocycles. The SMILES string of the molecule is COc1ccccc1C1OC1c1ccccc1. The number of rotatable bonds is 3. The fraction of sp³-hybridized carbons (Fsp3) is 0.200. The molecule has 2 heteroatoms. The second-order valence-corrected chi connectivity index (χ2v) is 4.13. The Labute approximate surface area is 101 Å². The van der Waals surface area contributed by atoms with Crippen LogP contribution in [0, 0.1) is 0 Å². The van der Waals surface area contributed by atoms with E-state index in [1.165, 1.54) is 5.56 Å². The van der Waals surface area contributed by atoms with E-state index in [2.05, 4.69) is 18.2 Å². The normalized spacial score (nSPS) is 22.2. The van der Waals surface area contributed by atoms with Crippen molar-refractivity contribution in [2.24, 2.45) is 0 Å². The molecule has 2 aromatic carbocycles. The van der Waals surface area contributed by atoms with E-state index < -0.39 is 0 Å². The summed E-state index contributed by atoms with van der Waals surface area (Å²) in [4.78, 5) is 0. The van der Waals surface area contributed by atoms with Gasteiger partial charge in [-0.1, -0.05) is 48.5 Å². The Morgan fingerprint density at radius 2 is 1.59 bits per heavy atom. The average molecular weight is 226 g/mol. The zero-order valence-corrected chi connectivity index (χ0v) is 9.67. The topological polar surface area (TPSA) is 21.8 Å². The molecule has 0 spiro atoms. The third kappa shape index (κ3) is 1.92.